The highest BCUT2D eigenvalue weighted by Gasteiger charge is 2.24. The minimum absolute atomic E-state index is 0.0782. The third kappa shape index (κ3) is 4.61. The van der Waals surface area contributed by atoms with Gasteiger partial charge in [-0.05, 0) is 42.0 Å². The van der Waals surface area contributed by atoms with E-state index in [0.717, 1.165) is 17.0 Å². The Balaban J connectivity index is 1.84. The van der Waals surface area contributed by atoms with Crippen LogP contribution >= 0.6 is 0 Å². The topological polar surface area (TPSA) is 68.3 Å². The zero-order valence-corrected chi connectivity index (χ0v) is 16.1. The standard InChI is InChI=1S/C21H24N2O5/c1-26-19-9-7-18(8-10-19)23(21(25)22-11-13-28-14-12-22)15-16-3-5-17(6-4-16)20(24)27-2/h3-10H,11-15H2,1-2H3. The highest BCUT2D eigenvalue weighted by molar-refractivity contribution is 5.92. The summed E-state index contributed by atoms with van der Waals surface area (Å²) in [5.74, 6) is 0.341. The van der Waals surface area contributed by atoms with E-state index in [4.69, 9.17) is 14.2 Å². The van der Waals surface area contributed by atoms with Gasteiger partial charge < -0.3 is 19.1 Å². The molecule has 1 saturated heterocycles. The number of hydrogen-bond donors (Lipinski definition) is 0. The summed E-state index contributed by atoms with van der Waals surface area (Å²) in [6.07, 6.45) is 0. The van der Waals surface area contributed by atoms with Crippen molar-refractivity contribution >= 4 is 17.7 Å². The van der Waals surface area contributed by atoms with Crippen LogP contribution in [0.4, 0.5) is 10.5 Å². The second-order valence-corrected chi connectivity index (χ2v) is 6.35. The number of morpholine rings is 1. The molecule has 7 heteroatoms. The third-order valence-electron chi connectivity index (χ3n) is 4.61. The van der Waals surface area contributed by atoms with Crippen molar-refractivity contribution < 1.29 is 23.8 Å². The number of urea groups is 1. The second-order valence-electron chi connectivity index (χ2n) is 6.35. The first-order valence-corrected chi connectivity index (χ1v) is 9.08. The van der Waals surface area contributed by atoms with Gasteiger partial charge in [0.15, 0.2) is 0 Å². The SMILES string of the molecule is COC(=O)c1ccc(CN(C(=O)N2CCOCC2)c2ccc(OC)cc2)cc1. The summed E-state index contributed by atoms with van der Waals surface area (Å²) in [6, 6.07) is 14.4. The van der Waals surface area contributed by atoms with Gasteiger partial charge in [-0.2, -0.15) is 0 Å². The third-order valence-corrected chi connectivity index (χ3v) is 4.61. The Morgan fingerprint density at radius 1 is 1.00 bits per heavy atom. The molecule has 0 unspecified atom stereocenters. The average molecular weight is 384 g/mol. The lowest BCUT2D eigenvalue weighted by molar-refractivity contribution is 0.0548. The van der Waals surface area contributed by atoms with Crippen LogP contribution in [0.3, 0.4) is 0 Å². The van der Waals surface area contributed by atoms with E-state index in [-0.39, 0.29) is 12.0 Å². The van der Waals surface area contributed by atoms with Gasteiger partial charge in [0.25, 0.3) is 0 Å². The molecule has 1 fully saturated rings. The van der Waals surface area contributed by atoms with E-state index in [1.807, 2.05) is 36.4 Å². The highest BCUT2D eigenvalue weighted by atomic mass is 16.5. The first-order valence-electron chi connectivity index (χ1n) is 9.08. The van der Waals surface area contributed by atoms with Crippen molar-refractivity contribution in [2.75, 3.05) is 45.4 Å². The van der Waals surface area contributed by atoms with Crippen molar-refractivity contribution in [3.63, 3.8) is 0 Å². The van der Waals surface area contributed by atoms with Crippen molar-refractivity contribution in [2.45, 2.75) is 6.54 Å². The molecule has 2 aromatic rings. The quantitative estimate of drug-likeness (QED) is 0.742. The fraction of sp³-hybridized carbons (Fsp3) is 0.333. The number of anilines is 1. The smallest absolute Gasteiger partial charge is 0.337 e. The van der Waals surface area contributed by atoms with E-state index in [1.165, 1.54) is 7.11 Å². The predicted molar refractivity (Wildman–Crippen MR) is 105 cm³/mol. The Labute approximate surface area is 164 Å². The van der Waals surface area contributed by atoms with Crippen molar-refractivity contribution in [2.24, 2.45) is 0 Å². The Kier molecular flexibility index (Phi) is 6.49. The molecular weight excluding hydrogens is 360 g/mol. The Bertz CT molecular complexity index is 799. The van der Waals surface area contributed by atoms with Crippen LogP contribution in [0.25, 0.3) is 0 Å². The molecule has 0 bridgehead atoms. The first kappa shape index (κ1) is 19.7. The van der Waals surface area contributed by atoms with E-state index in [2.05, 4.69) is 0 Å². The zero-order valence-electron chi connectivity index (χ0n) is 16.1. The van der Waals surface area contributed by atoms with Gasteiger partial charge >= 0.3 is 12.0 Å². The number of nitrogens with zero attached hydrogens (tertiary/aromatic N) is 2. The first-order chi connectivity index (χ1) is 13.6. The molecule has 0 aromatic heterocycles. The van der Waals surface area contributed by atoms with Crippen molar-refractivity contribution in [3.8, 4) is 5.75 Å². The molecular formula is C21H24N2O5. The largest absolute Gasteiger partial charge is 0.497 e. The maximum absolute atomic E-state index is 13.2. The van der Waals surface area contributed by atoms with Crippen LogP contribution in [-0.4, -0.2) is 57.4 Å². The molecule has 0 spiro atoms. The molecule has 1 aliphatic rings. The van der Waals surface area contributed by atoms with E-state index >= 15 is 0 Å². The van der Waals surface area contributed by atoms with E-state index in [9.17, 15) is 9.59 Å². The molecule has 0 N–H and O–H groups in total. The summed E-state index contributed by atoms with van der Waals surface area (Å²) in [5.41, 5.74) is 2.15. The van der Waals surface area contributed by atoms with Gasteiger partial charge in [-0.1, -0.05) is 12.1 Å². The van der Waals surface area contributed by atoms with Crippen LogP contribution in [0.1, 0.15) is 15.9 Å². The van der Waals surface area contributed by atoms with Crippen LogP contribution in [0.2, 0.25) is 0 Å². The summed E-state index contributed by atoms with van der Waals surface area (Å²) < 4.78 is 15.3. The van der Waals surface area contributed by atoms with E-state index < -0.39 is 0 Å². The number of benzene rings is 2. The van der Waals surface area contributed by atoms with E-state index in [0.29, 0.717) is 38.4 Å². The van der Waals surface area contributed by atoms with Crippen LogP contribution in [0, 0.1) is 0 Å². The molecule has 0 aliphatic carbocycles. The molecule has 7 nitrogen and oxygen atoms in total. The molecule has 2 aromatic carbocycles. The van der Waals surface area contributed by atoms with Crippen LogP contribution in [0.15, 0.2) is 48.5 Å². The Hall–Kier alpha value is -3.06. The lowest BCUT2D eigenvalue weighted by Gasteiger charge is -2.33. The second kappa shape index (κ2) is 9.23. The normalized spacial score (nSPS) is 13.7. The van der Waals surface area contributed by atoms with Gasteiger partial charge in [-0.25, -0.2) is 9.59 Å². The summed E-state index contributed by atoms with van der Waals surface area (Å²) in [5, 5.41) is 0. The number of rotatable bonds is 5. The van der Waals surface area contributed by atoms with Crippen molar-refractivity contribution in [3.05, 3.63) is 59.7 Å². The fourth-order valence-electron chi connectivity index (χ4n) is 3.00. The molecule has 28 heavy (non-hydrogen) atoms. The number of carbonyl (C=O) groups is 2. The zero-order chi connectivity index (χ0) is 19.9. The lowest BCUT2D eigenvalue weighted by Crippen LogP contribution is -2.48. The number of methoxy groups -OCH3 is 2. The van der Waals surface area contributed by atoms with Crippen LogP contribution < -0.4 is 9.64 Å². The maximum atomic E-state index is 13.2. The van der Waals surface area contributed by atoms with Gasteiger partial charge in [-0.3, -0.25) is 4.90 Å². The molecule has 148 valence electrons. The summed E-state index contributed by atoms with van der Waals surface area (Å²) in [6.45, 7) is 2.58. The molecule has 3 rings (SSSR count). The summed E-state index contributed by atoms with van der Waals surface area (Å²) in [7, 11) is 2.96. The minimum atomic E-state index is -0.386. The number of ether oxygens (including phenoxy) is 3. The van der Waals surface area contributed by atoms with Crippen molar-refractivity contribution in [1.29, 1.82) is 0 Å². The number of hydrogen-bond acceptors (Lipinski definition) is 5. The minimum Gasteiger partial charge on any atom is -0.497 e. The van der Waals surface area contributed by atoms with Crippen molar-refractivity contribution in [1.82, 2.24) is 4.90 Å². The van der Waals surface area contributed by atoms with Gasteiger partial charge in [0.05, 0.1) is 39.5 Å². The molecule has 0 atom stereocenters. The number of amides is 2. The summed E-state index contributed by atoms with van der Waals surface area (Å²) in [4.78, 5) is 28.3. The van der Waals surface area contributed by atoms with Gasteiger partial charge in [0, 0.05) is 18.8 Å². The maximum Gasteiger partial charge on any atom is 0.337 e. The average Bonchev–Trinajstić information content (AvgIpc) is 2.77. The molecule has 1 heterocycles. The molecule has 0 saturated carbocycles. The monoisotopic (exact) mass is 384 g/mol. The van der Waals surface area contributed by atoms with Gasteiger partial charge in [0.1, 0.15) is 5.75 Å². The van der Waals surface area contributed by atoms with Gasteiger partial charge in [-0.15, -0.1) is 0 Å². The lowest BCUT2D eigenvalue weighted by atomic mass is 10.1. The molecule has 2 amide bonds. The number of esters is 1. The number of carbonyl (C=O) groups excluding carboxylic acids is 2. The fourth-order valence-corrected chi connectivity index (χ4v) is 3.00. The van der Waals surface area contributed by atoms with Gasteiger partial charge in [0.2, 0.25) is 0 Å². The molecule has 0 radical (unpaired) electrons. The Morgan fingerprint density at radius 2 is 1.64 bits per heavy atom. The Morgan fingerprint density at radius 3 is 2.21 bits per heavy atom. The van der Waals surface area contributed by atoms with Crippen LogP contribution in [0.5, 0.6) is 5.75 Å². The highest BCUT2D eigenvalue weighted by Crippen LogP contribution is 2.23. The summed E-state index contributed by atoms with van der Waals surface area (Å²) >= 11 is 0. The van der Waals surface area contributed by atoms with E-state index in [1.54, 1.807) is 29.0 Å². The predicted octanol–water partition coefficient (Wildman–Crippen LogP) is 2.94. The molecule has 1 aliphatic heterocycles. The van der Waals surface area contributed by atoms with Crippen LogP contribution in [-0.2, 0) is 16.0 Å².